The number of hydrogen-bond donors (Lipinski definition) is 1. The Bertz CT molecular complexity index is 578. The molecule has 1 aliphatic rings. The molecule has 98 valence electrons. The summed E-state index contributed by atoms with van der Waals surface area (Å²) >= 11 is 0. The van der Waals surface area contributed by atoms with E-state index in [9.17, 15) is 5.11 Å². The summed E-state index contributed by atoms with van der Waals surface area (Å²) < 4.78 is 5.16. The van der Waals surface area contributed by atoms with Crippen LogP contribution in [0, 0.1) is 0 Å². The van der Waals surface area contributed by atoms with Gasteiger partial charge in [0.1, 0.15) is 5.75 Å². The van der Waals surface area contributed by atoms with E-state index in [1.165, 1.54) is 0 Å². The molecule has 0 radical (unpaired) electrons. The Morgan fingerprint density at radius 1 is 1.16 bits per heavy atom. The van der Waals surface area contributed by atoms with Crippen LogP contribution in [0.1, 0.15) is 30.2 Å². The summed E-state index contributed by atoms with van der Waals surface area (Å²) in [6, 6.07) is 11.9. The molecule has 0 bridgehead atoms. The maximum absolute atomic E-state index is 9.93. The molecular weight excluding hydrogens is 238 g/mol. The van der Waals surface area contributed by atoms with Gasteiger partial charge in [0.05, 0.1) is 18.9 Å². The van der Waals surface area contributed by atoms with Gasteiger partial charge in [0.2, 0.25) is 0 Å². The highest BCUT2D eigenvalue weighted by Gasteiger charge is 2.19. The van der Waals surface area contributed by atoms with E-state index in [4.69, 9.17) is 4.74 Å². The number of pyridine rings is 1. The largest absolute Gasteiger partial charge is 0.497 e. The number of fused-ring (bicyclic) bond motifs is 1. The minimum Gasteiger partial charge on any atom is -0.497 e. The number of ether oxygens (including phenoxy) is 1. The second-order valence-electron chi connectivity index (χ2n) is 4.87. The average molecular weight is 255 g/mol. The lowest BCUT2D eigenvalue weighted by Gasteiger charge is -2.20. The maximum Gasteiger partial charge on any atom is 0.118 e. The van der Waals surface area contributed by atoms with Crippen molar-refractivity contribution in [2.45, 2.75) is 25.4 Å². The van der Waals surface area contributed by atoms with E-state index in [-0.39, 0.29) is 6.10 Å². The molecular formula is C16H17NO2. The van der Waals surface area contributed by atoms with Crippen molar-refractivity contribution in [2.75, 3.05) is 7.11 Å². The molecule has 0 amide bonds. The van der Waals surface area contributed by atoms with Crippen LogP contribution in [0.3, 0.4) is 0 Å². The number of benzene rings is 1. The number of aliphatic hydroxyl groups is 1. The first kappa shape index (κ1) is 12.2. The third kappa shape index (κ3) is 2.34. The van der Waals surface area contributed by atoms with Crippen molar-refractivity contribution in [3.63, 3.8) is 0 Å². The first-order chi connectivity index (χ1) is 9.28. The molecule has 1 aliphatic carbocycles. The third-order valence-electron chi connectivity index (χ3n) is 3.65. The summed E-state index contributed by atoms with van der Waals surface area (Å²) in [6.07, 6.45) is 2.46. The molecule has 1 heterocycles. The van der Waals surface area contributed by atoms with E-state index in [1.54, 1.807) is 7.11 Å². The zero-order valence-electron chi connectivity index (χ0n) is 11.0. The van der Waals surface area contributed by atoms with E-state index in [0.29, 0.717) is 0 Å². The molecule has 3 nitrogen and oxygen atoms in total. The Balaban J connectivity index is 1.96. The summed E-state index contributed by atoms with van der Waals surface area (Å²) in [6.45, 7) is 0. The van der Waals surface area contributed by atoms with Crippen LogP contribution >= 0.6 is 0 Å². The molecule has 1 atom stereocenters. The molecule has 1 N–H and O–H groups in total. The van der Waals surface area contributed by atoms with Gasteiger partial charge in [0, 0.05) is 16.8 Å². The fraction of sp³-hybridized carbons (Fsp3) is 0.312. The fourth-order valence-corrected chi connectivity index (χ4v) is 2.56. The number of hydrogen-bond acceptors (Lipinski definition) is 3. The van der Waals surface area contributed by atoms with Crippen molar-refractivity contribution in [1.29, 1.82) is 0 Å². The number of aromatic nitrogens is 1. The topological polar surface area (TPSA) is 42.4 Å². The van der Waals surface area contributed by atoms with Crippen molar-refractivity contribution in [3.8, 4) is 17.0 Å². The second kappa shape index (κ2) is 5.02. The van der Waals surface area contributed by atoms with Crippen molar-refractivity contribution >= 4 is 0 Å². The molecule has 1 unspecified atom stereocenters. The van der Waals surface area contributed by atoms with Crippen molar-refractivity contribution in [2.24, 2.45) is 0 Å². The Kier molecular flexibility index (Phi) is 3.22. The first-order valence-electron chi connectivity index (χ1n) is 6.60. The van der Waals surface area contributed by atoms with Crippen molar-refractivity contribution in [3.05, 3.63) is 47.7 Å². The van der Waals surface area contributed by atoms with Crippen LogP contribution in [-0.2, 0) is 6.42 Å². The van der Waals surface area contributed by atoms with Gasteiger partial charge in [-0.2, -0.15) is 0 Å². The number of aliphatic hydroxyl groups excluding tert-OH is 1. The molecule has 3 rings (SSSR count). The molecule has 0 aliphatic heterocycles. The molecule has 0 saturated heterocycles. The molecule has 1 aromatic heterocycles. The Labute approximate surface area is 112 Å². The minimum absolute atomic E-state index is 0.346. The number of aryl methyl sites for hydroxylation is 1. The zero-order chi connectivity index (χ0) is 13.2. The third-order valence-corrected chi connectivity index (χ3v) is 3.65. The number of rotatable bonds is 2. The summed E-state index contributed by atoms with van der Waals surface area (Å²) in [7, 11) is 1.66. The van der Waals surface area contributed by atoms with Crippen molar-refractivity contribution < 1.29 is 9.84 Å². The van der Waals surface area contributed by atoms with Gasteiger partial charge in [-0.25, -0.2) is 0 Å². The predicted molar refractivity (Wildman–Crippen MR) is 74.1 cm³/mol. The normalized spacial score (nSPS) is 17.9. The highest BCUT2D eigenvalue weighted by atomic mass is 16.5. The Morgan fingerprint density at radius 2 is 1.95 bits per heavy atom. The lowest BCUT2D eigenvalue weighted by Crippen LogP contribution is -2.11. The van der Waals surface area contributed by atoms with Crippen LogP contribution in [0.15, 0.2) is 36.4 Å². The molecule has 0 saturated carbocycles. The van der Waals surface area contributed by atoms with Gasteiger partial charge in [0.25, 0.3) is 0 Å². The van der Waals surface area contributed by atoms with E-state index < -0.39 is 0 Å². The molecule has 0 fully saturated rings. The van der Waals surface area contributed by atoms with Gasteiger partial charge in [-0.05, 0) is 49.6 Å². The van der Waals surface area contributed by atoms with Crippen molar-refractivity contribution in [1.82, 2.24) is 4.98 Å². The van der Waals surface area contributed by atoms with Crippen LogP contribution in [0.2, 0.25) is 0 Å². The van der Waals surface area contributed by atoms with Crippen LogP contribution in [-0.4, -0.2) is 17.2 Å². The summed E-state index contributed by atoms with van der Waals surface area (Å²) in [5.74, 6) is 0.845. The fourth-order valence-electron chi connectivity index (χ4n) is 2.56. The maximum atomic E-state index is 9.93. The monoisotopic (exact) mass is 255 g/mol. The van der Waals surface area contributed by atoms with E-state index >= 15 is 0 Å². The molecule has 1 aromatic carbocycles. The minimum atomic E-state index is -0.346. The van der Waals surface area contributed by atoms with Crippen LogP contribution in [0.4, 0.5) is 0 Å². The first-order valence-corrected chi connectivity index (χ1v) is 6.60. The molecule has 2 aromatic rings. The lowest BCUT2D eigenvalue weighted by atomic mass is 9.93. The van der Waals surface area contributed by atoms with Crippen LogP contribution in [0.25, 0.3) is 11.3 Å². The molecule has 3 heteroatoms. The SMILES string of the molecule is COc1ccc(-c2ccc3c(n2)CCCC3O)cc1. The highest BCUT2D eigenvalue weighted by molar-refractivity contribution is 5.60. The quantitative estimate of drug-likeness (QED) is 0.896. The standard InChI is InChI=1S/C16H17NO2/c1-19-12-7-5-11(6-8-12)14-10-9-13-15(17-14)3-2-4-16(13)18/h5-10,16,18H,2-4H2,1H3. The number of nitrogens with zero attached hydrogens (tertiary/aromatic N) is 1. The average Bonchev–Trinajstić information content (AvgIpc) is 2.47. The van der Waals surface area contributed by atoms with Gasteiger partial charge >= 0.3 is 0 Å². The van der Waals surface area contributed by atoms with Gasteiger partial charge in [-0.15, -0.1) is 0 Å². The summed E-state index contributed by atoms with van der Waals surface area (Å²) in [5, 5.41) is 9.93. The van der Waals surface area contributed by atoms with E-state index in [1.807, 2.05) is 36.4 Å². The van der Waals surface area contributed by atoms with Crippen LogP contribution < -0.4 is 4.74 Å². The van der Waals surface area contributed by atoms with E-state index in [2.05, 4.69) is 4.98 Å². The summed E-state index contributed by atoms with van der Waals surface area (Å²) in [5.41, 5.74) is 4.05. The number of methoxy groups -OCH3 is 1. The van der Waals surface area contributed by atoms with Crippen LogP contribution in [0.5, 0.6) is 5.75 Å². The Hall–Kier alpha value is -1.87. The molecule has 19 heavy (non-hydrogen) atoms. The molecule has 0 spiro atoms. The second-order valence-corrected chi connectivity index (χ2v) is 4.87. The van der Waals surface area contributed by atoms with E-state index in [0.717, 1.165) is 47.5 Å². The van der Waals surface area contributed by atoms with Gasteiger partial charge < -0.3 is 9.84 Å². The van der Waals surface area contributed by atoms with Gasteiger partial charge in [-0.1, -0.05) is 6.07 Å². The predicted octanol–water partition coefficient (Wildman–Crippen LogP) is 3.13. The summed E-state index contributed by atoms with van der Waals surface area (Å²) in [4.78, 5) is 4.69. The smallest absolute Gasteiger partial charge is 0.118 e. The highest BCUT2D eigenvalue weighted by Crippen LogP contribution is 2.30. The lowest BCUT2D eigenvalue weighted by molar-refractivity contribution is 0.155. The van der Waals surface area contributed by atoms with Gasteiger partial charge in [0.15, 0.2) is 0 Å². The Morgan fingerprint density at radius 3 is 2.68 bits per heavy atom. The zero-order valence-corrected chi connectivity index (χ0v) is 11.0. The van der Waals surface area contributed by atoms with Gasteiger partial charge in [-0.3, -0.25) is 4.98 Å².